The van der Waals surface area contributed by atoms with Gasteiger partial charge in [-0.2, -0.15) is 0 Å². The monoisotopic (exact) mass is 452 g/mol. The first kappa shape index (κ1) is 23.6. The second-order valence-electron chi connectivity index (χ2n) is 7.74. The van der Waals surface area contributed by atoms with Crippen molar-refractivity contribution >= 4 is 40.6 Å². The fraction of sp³-hybridized carbons (Fsp3) is 0.320. The Bertz CT molecular complexity index is 1090. The number of nitrogens with zero attached hydrogens (tertiary/aromatic N) is 2. The van der Waals surface area contributed by atoms with E-state index in [-0.39, 0.29) is 5.91 Å². The van der Waals surface area contributed by atoms with Crippen LogP contribution in [-0.2, 0) is 9.53 Å². The average Bonchev–Trinajstić information content (AvgIpc) is 3.03. The molecule has 1 fully saturated rings. The van der Waals surface area contributed by atoms with E-state index in [0.29, 0.717) is 33.8 Å². The van der Waals surface area contributed by atoms with Gasteiger partial charge in [-0.15, -0.1) is 0 Å². The number of methoxy groups -OCH3 is 1. The normalized spacial score (nSPS) is 16.3. The molecule has 0 aliphatic carbocycles. The van der Waals surface area contributed by atoms with Crippen molar-refractivity contribution in [2.75, 3.05) is 20.8 Å². The van der Waals surface area contributed by atoms with Crippen molar-refractivity contribution in [2.24, 2.45) is 4.99 Å². The van der Waals surface area contributed by atoms with Crippen LogP contribution in [0.1, 0.15) is 53.7 Å². The lowest BCUT2D eigenvalue weighted by Crippen LogP contribution is -2.23. The van der Waals surface area contributed by atoms with Crippen LogP contribution < -0.4 is 4.74 Å². The molecule has 0 bridgehead atoms. The van der Waals surface area contributed by atoms with Gasteiger partial charge in [0.15, 0.2) is 5.17 Å². The SMILES string of the molecule is CCOc1cc(C)c(/C=C2\SC(=Nc3ccc(C(=O)OC)cc3)N(C)C2=O)cc1C(C)C. The van der Waals surface area contributed by atoms with Gasteiger partial charge in [-0.3, -0.25) is 9.69 Å². The zero-order valence-electron chi connectivity index (χ0n) is 19.3. The van der Waals surface area contributed by atoms with E-state index in [0.717, 1.165) is 22.4 Å². The predicted molar refractivity (Wildman–Crippen MR) is 130 cm³/mol. The number of carbonyl (C=O) groups excluding carboxylic acids is 2. The van der Waals surface area contributed by atoms with Crippen molar-refractivity contribution in [1.29, 1.82) is 0 Å². The Hall–Kier alpha value is -3.06. The maximum absolute atomic E-state index is 12.9. The van der Waals surface area contributed by atoms with Crippen LogP contribution in [0, 0.1) is 6.92 Å². The third-order valence-electron chi connectivity index (χ3n) is 5.12. The first-order valence-corrected chi connectivity index (χ1v) is 11.3. The Labute approximate surface area is 193 Å². The summed E-state index contributed by atoms with van der Waals surface area (Å²) in [7, 11) is 3.05. The minimum atomic E-state index is -0.400. The number of likely N-dealkylation sites (N-methyl/N-ethyl adjacent to an activating group) is 1. The van der Waals surface area contributed by atoms with Gasteiger partial charge in [-0.05, 0) is 90.7 Å². The molecule has 3 rings (SSSR count). The highest BCUT2D eigenvalue weighted by Crippen LogP contribution is 2.36. The van der Waals surface area contributed by atoms with Gasteiger partial charge in [-0.25, -0.2) is 9.79 Å². The fourth-order valence-corrected chi connectivity index (χ4v) is 4.27. The van der Waals surface area contributed by atoms with E-state index in [1.807, 2.05) is 26.0 Å². The largest absolute Gasteiger partial charge is 0.494 e. The van der Waals surface area contributed by atoms with Gasteiger partial charge in [-0.1, -0.05) is 13.8 Å². The third-order valence-corrected chi connectivity index (χ3v) is 6.18. The highest BCUT2D eigenvalue weighted by molar-refractivity contribution is 8.18. The van der Waals surface area contributed by atoms with Gasteiger partial charge in [0.1, 0.15) is 5.75 Å². The Kier molecular flexibility index (Phi) is 7.40. The highest BCUT2D eigenvalue weighted by atomic mass is 32.2. The van der Waals surface area contributed by atoms with E-state index >= 15 is 0 Å². The number of aryl methyl sites for hydroxylation is 1. The van der Waals surface area contributed by atoms with Gasteiger partial charge in [0.2, 0.25) is 0 Å². The second kappa shape index (κ2) is 10.0. The summed E-state index contributed by atoms with van der Waals surface area (Å²) in [6.07, 6.45) is 1.92. The number of amides is 1. The van der Waals surface area contributed by atoms with Crippen LogP contribution in [0.3, 0.4) is 0 Å². The van der Waals surface area contributed by atoms with E-state index in [1.165, 1.54) is 23.8 Å². The van der Waals surface area contributed by atoms with Crippen molar-refractivity contribution in [2.45, 2.75) is 33.6 Å². The molecule has 6 nitrogen and oxygen atoms in total. The topological polar surface area (TPSA) is 68.2 Å². The number of benzene rings is 2. The molecule has 7 heteroatoms. The summed E-state index contributed by atoms with van der Waals surface area (Å²) in [5.74, 6) is 0.694. The molecule has 1 aliphatic rings. The molecule has 0 unspecified atom stereocenters. The molecule has 0 radical (unpaired) electrons. The highest BCUT2D eigenvalue weighted by Gasteiger charge is 2.30. The molecule has 0 aromatic heterocycles. The Morgan fingerprint density at radius 3 is 2.50 bits per heavy atom. The number of esters is 1. The first-order chi connectivity index (χ1) is 15.2. The smallest absolute Gasteiger partial charge is 0.337 e. The first-order valence-electron chi connectivity index (χ1n) is 10.5. The van der Waals surface area contributed by atoms with Crippen LogP contribution in [0.25, 0.3) is 6.08 Å². The summed E-state index contributed by atoms with van der Waals surface area (Å²) in [5, 5.41) is 0.583. The van der Waals surface area contributed by atoms with Gasteiger partial charge in [0, 0.05) is 7.05 Å². The van der Waals surface area contributed by atoms with Crippen molar-refractivity contribution in [3.05, 3.63) is 63.6 Å². The van der Waals surface area contributed by atoms with E-state index in [9.17, 15) is 9.59 Å². The van der Waals surface area contributed by atoms with Crippen LogP contribution in [0.2, 0.25) is 0 Å². The Balaban J connectivity index is 1.91. The molecule has 2 aromatic rings. The number of hydrogen-bond acceptors (Lipinski definition) is 6. The van der Waals surface area contributed by atoms with Crippen LogP contribution >= 0.6 is 11.8 Å². The number of rotatable bonds is 6. The van der Waals surface area contributed by atoms with Gasteiger partial charge >= 0.3 is 5.97 Å². The maximum Gasteiger partial charge on any atom is 0.337 e. The van der Waals surface area contributed by atoms with Crippen LogP contribution in [0.5, 0.6) is 5.75 Å². The number of carbonyl (C=O) groups is 2. The summed E-state index contributed by atoms with van der Waals surface area (Å²) >= 11 is 1.33. The van der Waals surface area contributed by atoms with E-state index in [1.54, 1.807) is 31.3 Å². The minimum Gasteiger partial charge on any atom is -0.494 e. The quantitative estimate of drug-likeness (QED) is 0.425. The molecule has 0 N–H and O–H groups in total. The molecule has 0 saturated carbocycles. The third kappa shape index (κ3) is 5.05. The van der Waals surface area contributed by atoms with Crippen LogP contribution in [-0.4, -0.2) is 42.7 Å². The zero-order chi connectivity index (χ0) is 23.4. The molecular weight excluding hydrogens is 424 g/mol. The van der Waals surface area contributed by atoms with Crippen molar-refractivity contribution in [3.8, 4) is 5.75 Å². The average molecular weight is 453 g/mol. The molecular formula is C25H28N2O4S. The molecule has 1 aliphatic heterocycles. The van der Waals surface area contributed by atoms with Gasteiger partial charge in [0.05, 0.1) is 29.9 Å². The van der Waals surface area contributed by atoms with Gasteiger partial charge in [0.25, 0.3) is 5.91 Å². The molecule has 1 saturated heterocycles. The van der Waals surface area contributed by atoms with Crippen molar-refractivity contribution in [1.82, 2.24) is 4.90 Å². The standard InChI is InChI=1S/C25H28N2O4S/c1-7-31-21-12-16(4)18(13-20(21)15(2)3)14-22-23(28)27(5)25(32-22)26-19-10-8-17(9-11-19)24(29)30-6/h8-15H,7H2,1-6H3/b22-14-,26-25?. The number of aliphatic imine (C=N–C) groups is 1. The summed E-state index contributed by atoms with van der Waals surface area (Å²) in [6, 6.07) is 10.9. The molecule has 1 heterocycles. The Morgan fingerprint density at radius 1 is 1.22 bits per heavy atom. The van der Waals surface area contributed by atoms with Gasteiger partial charge < -0.3 is 9.47 Å². The lowest BCUT2D eigenvalue weighted by molar-refractivity contribution is -0.121. The fourth-order valence-electron chi connectivity index (χ4n) is 3.30. The summed E-state index contributed by atoms with van der Waals surface area (Å²) in [5.41, 5.74) is 4.26. The molecule has 168 valence electrons. The Morgan fingerprint density at radius 2 is 1.91 bits per heavy atom. The molecule has 32 heavy (non-hydrogen) atoms. The van der Waals surface area contributed by atoms with Crippen molar-refractivity contribution in [3.63, 3.8) is 0 Å². The summed E-state index contributed by atoms with van der Waals surface area (Å²) < 4.78 is 10.5. The molecule has 2 aromatic carbocycles. The maximum atomic E-state index is 12.9. The van der Waals surface area contributed by atoms with E-state index in [4.69, 9.17) is 9.47 Å². The summed E-state index contributed by atoms with van der Waals surface area (Å²) in [6.45, 7) is 8.86. The molecule has 0 spiro atoms. The summed E-state index contributed by atoms with van der Waals surface area (Å²) in [4.78, 5) is 31.2. The number of hydrogen-bond donors (Lipinski definition) is 0. The number of amidine groups is 1. The minimum absolute atomic E-state index is 0.0979. The van der Waals surface area contributed by atoms with E-state index in [2.05, 4.69) is 24.9 Å². The zero-order valence-corrected chi connectivity index (χ0v) is 20.1. The van der Waals surface area contributed by atoms with E-state index < -0.39 is 5.97 Å². The van der Waals surface area contributed by atoms with Crippen LogP contribution in [0.15, 0.2) is 46.3 Å². The lowest BCUT2D eigenvalue weighted by Gasteiger charge is -2.16. The second-order valence-corrected chi connectivity index (χ2v) is 8.75. The molecule has 1 amide bonds. The number of thioether (sulfide) groups is 1. The molecule has 0 atom stereocenters. The van der Waals surface area contributed by atoms with Crippen molar-refractivity contribution < 1.29 is 19.1 Å². The lowest BCUT2D eigenvalue weighted by atomic mass is 9.96. The van der Waals surface area contributed by atoms with Crippen LogP contribution in [0.4, 0.5) is 5.69 Å². The number of ether oxygens (including phenoxy) is 2. The predicted octanol–water partition coefficient (Wildman–Crippen LogP) is 5.54.